The van der Waals surface area contributed by atoms with Gasteiger partial charge in [-0.3, -0.25) is 5.32 Å². The molecule has 1 aliphatic rings. The van der Waals surface area contributed by atoms with E-state index in [0.717, 1.165) is 30.0 Å². The minimum Gasteiger partial charge on any atom is -0.450 e. The molecular formula is C11H13N3O2S. The van der Waals surface area contributed by atoms with Crippen LogP contribution in [0.4, 0.5) is 9.80 Å². The summed E-state index contributed by atoms with van der Waals surface area (Å²) in [6.07, 6.45) is 0.328. The van der Waals surface area contributed by atoms with Gasteiger partial charge < -0.3 is 10.1 Å². The second-order valence-electron chi connectivity index (χ2n) is 3.59. The fraction of sp³-hybridized carbons (Fsp3) is 0.455. The van der Waals surface area contributed by atoms with Gasteiger partial charge in [-0.25, -0.2) is 4.79 Å². The van der Waals surface area contributed by atoms with Gasteiger partial charge in [-0.1, -0.05) is 0 Å². The van der Waals surface area contributed by atoms with Gasteiger partial charge in [0.05, 0.1) is 12.2 Å². The van der Waals surface area contributed by atoms with Crippen LogP contribution < -0.4 is 10.6 Å². The van der Waals surface area contributed by atoms with E-state index in [4.69, 9.17) is 10.00 Å². The topological polar surface area (TPSA) is 74.1 Å². The summed E-state index contributed by atoms with van der Waals surface area (Å²) < 4.78 is 4.81. The van der Waals surface area contributed by atoms with Crippen LogP contribution >= 0.6 is 11.3 Å². The van der Waals surface area contributed by atoms with E-state index in [1.54, 1.807) is 6.92 Å². The van der Waals surface area contributed by atoms with E-state index in [0.29, 0.717) is 17.2 Å². The van der Waals surface area contributed by atoms with Crippen molar-refractivity contribution in [1.29, 1.82) is 5.26 Å². The normalized spacial score (nSPS) is 13.6. The Morgan fingerprint density at radius 2 is 2.53 bits per heavy atom. The maximum Gasteiger partial charge on any atom is 0.412 e. The van der Waals surface area contributed by atoms with Gasteiger partial charge in [0.15, 0.2) is 0 Å². The summed E-state index contributed by atoms with van der Waals surface area (Å²) in [7, 11) is 0. The third kappa shape index (κ3) is 2.40. The molecule has 0 unspecified atom stereocenters. The number of nitriles is 1. The lowest BCUT2D eigenvalue weighted by molar-refractivity contribution is 0.168. The van der Waals surface area contributed by atoms with Crippen molar-refractivity contribution in [3.63, 3.8) is 0 Å². The van der Waals surface area contributed by atoms with E-state index in [-0.39, 0.29) is 0 Å². The number of carbonyl (C=O) groups is 1. The lowest BCUT2D eigenvalue weighted by atomic mass is 10.1. The lowest BCUT2D eigenvalue weighted by Gasteiger charge is -2.11. The highest BCUT2D eigenvalue weighted by Crippen LogP contribution is 2.34. The summed E-state index contributed by atoms with van der Waals surface area (Å²) in [5, 5.41) is 15.6. The second kappa shape index (κ2) is 5.17. The molecule has 0 aliphatic carbocycles. The number of carbonyl (C=O) groups excluding carboxylic acids is 1. The predicted molar refractivity (Wildman–Crippen MR) is 65.1 cm³/mol. The SMILES string of the molecule is CCOC(=O)Nc1sc2c(c1C#N)CCNC2. The molecule has 2 heterocycles. The summed E-state index contributed by atoms with van der Waals surface area (Å²) in [6.45, 7) is 3.70. The van der Waals surface area contributed by atoms with Crippen molar-refractivity contribution in [3.05, 3.63) is 16.0 Å². The monoisotopic (exact) mass is 251 g/mol. The lowest BCUT2D eigenvalue weighted by Crippen LogP contribution is -2.22. The Bertz CT molecular complexity index is 476. The number of rotatable bonds is 2. The summed E-state index contributed by atoms with van der Waals surface area (Å²) >= 11 is 1.44. The molecule has 0 radical (unpaired) electrons. The van der Waals surface area contributed by atoms with Crippen LogP contribution in [0, 0.1) is 11.3 Å². The number of nitrogens with zero attached hydrogens (tertiary/aromatic N) is 1. The highest BCUT2D eigenvalue weighted by molar-refractivity contribution is 7.16. The quantitative estimate of drug-likeness (QED) is 0.841. The zero-order chi connectivity index (χ0) is 12.3. The summed E-state index contributed by atoms with van der Waals surface area (Å²) in [6, 6.07) is 2.16. The maximum atomic E-state index is 11.3. The van der Waals surface area contributed by atoms with E-state index in [1.165, 1.54) is 11.3 Å². The molecule has 0 atom stereocenters. The fourth-order valence-electron chi connectivity index (χ4n) is 1.80. The number of hydrogen-bond acceptors (Lipinski definition) is 5. The second-order valence-corrected chi connectivity index (χ2v) is 4.70. The third-order valence-electron chi connectivity index (χ3n) is 2.53. The summed E-state index contributed by atoms with van der Waals surface area (Å²) in [5.74, 6) is 0. The molecule has 2 rings (SSSR count). The van der Waals surface area contributed by atoms with E-state index in [1.807, 2.05) is 0 Å². The van der Waals surface area contributed by atoms with E-state index in [9.17, 15) is 4.79 Å². The molecule has 5 nitrogen and oxygen atoms in total. The molecule has 0 bridgehead atoms. The van der Waals surface area contributed by atoms with Crippen LogP contribution in [0.25, 0.3) is 0 Å². The van der Waals surface area contributed by atoms with E-state index < -0.39 is 6.09 Å². The Labute approximate surface area is 103 Å². The van der Waals surface area contributed by atoms with Gasteiger partial charge in [0.2, 0.25) is 0 Å². The minimum absolute atomic E-state index is 0.320. The van der Waals surface area contributed by atoms with Gasteiger partial charge in [-0.15, -0.1) is 11.3 Å². The standard InChI is InChI=1S/C11H13N3O2S/c1-2-16-11(15)14-10-8(5-12)7-3-4-13-6-9(7)17-10/h13H,2-4,6H2,1H3,(H,14,15). The van der Waals surface area contributed by atoms with Gasteiger partial charge in [-0.05, 0) is 25.5 Å². The van der Waals surface area contributed by atoms with Crippen molar-refractivity contribution in [3.8, 4) is 6.07 Å². The predicted octanol–water partition coefficient (Wildman–Crippen LogP) is 1.83. The molecule has 0 aromatic carbocycles. The zero-order valence-corrected chi connectivity index (χ0v) is 10.3. The summed E-state index contributed by atoms with van der Waals surface area (Å²) in [5.41, 5.74) is 1.64. The smallest absolute Gasteiger partial charge is 0.412 e. The van der Waals surface area contributed by atoms with Crippen molar-refractivity contribution in [2.45, 2.75) is 19.9 Å². The molecule has 1 aliphatic heterocycles. The maximum absolute atomic E-state index is 11.3. The highest BCUT2D eigenvalue weighted by atomic mass is 32.1. The Morgan fingerprint density at radius 1 is 1.71 bits per heavy atom. The molecule has 6 heteroatoms. The Kier molecular flexibility index (Phi) is 3.61. The number of anilines is 1. The van der Waals surface area contributed by atoms with Crippen LogP contribution in [-0.4, -0.2) is 19.2 Å². The Morgan fingerprint density at radius 3 is 3.24 bits per heavy atom. The average Bonchev–Trinajstić information content (AvgIpc) is 2.66. The van der Waals surface area contributed by atoms with Crippen LogP contribution in [0.5, 0.6) is 0 Å². The molecule has 0 fully saturated rings. The number of nitrogens with one attached hydrogen (secondary N) is 2. The van der Waals surface area contributed by atoms with Gasteiger partial charge in [0, 0.05) is 11.4 Å². The highest BCUT2D eigenvalue weighted by Gasteiger charge is 2.21. The molecule has 0 saturated carbocycles. The fourth-order valence-corrected chi connectivity index (χ4v) is 2.95. The first kappa shape index (κ1) is 11.9. The summed E-state index contributed by atoms with van der Waals surface area (Å²) in [4.78, 5) is 12.5. The van der Waals surface area contributed by atoms with Crippen molar-refractivity contribution in [2.75, 3.05) is 18.5 Å². The van der Waals surface area contributed by atoms with Crippen molar-refractivity contribution in [1.82, 2.24) is 5.32 Å². The number of hydrogen-bond donors (Lipinski definition) is 2. The van der Waals surface area contributed by atoms with Gasteiger partial charge >= 0.3 is 6.09 Å². The molecule has 2 N–H and O–H groups in total. The molecule has 1 aromatic rings. The van der Waals surface area contributed by atoms with Crippen molar-refractivity contribution < 1.29 is 9.53 Å². The largest absolute Gasteiger partial charge is 0.450 e. The van der Waals surface area contributed by atoms with Crippen LogP contribution in [0.1, 0.15) is 22.9 Å². The van der Waals surface area contributed by atoms with E-state index in [2.05, 4.69) is 16.7 Å². The number of thiophene rings is 1. The Hall–Kier alpha value is -1.58. The first-order chi connectivity index (χ1) is 8.26. The first-order valence-electron chi connectivity index (χ1n) is 5.45. The Balaban J connectivity index is 2.25. The van der Waals surface area contributed by atoms with Gasteiger partial charge in [0.25, 0.3) is 0 Å². The number of fused-ring (bicyclic) bond motifs is 1. The van der Waals surface area contributed by atoms with Crippen LogP contribution in [0.2, 0.25) is 0 Å². The number of ether oxygens (including phenoxy) is 1. The zero-order valence-electron chi connectivity index (χ0n) is 9.50. The van der Waals surface area contributed by atoms with Gasteiger partial charge in [0.1, 0.15) is 11.1 Å². The molecular weight excluding hydrogens is 238 g/mol. The molecule has 0 spiro atoms. The minimum atomic E-state index is -0.504. The third-order valence-corrected chi connectivity index (χ3v) is 3.68. The molecule has 0 saturated heterocycles. The van der Waals surface area contributed by atoms with Gasteiger partial charge in [-0.2, -0.15) is 5.26 Å². The van der Waals surface area contributed by atoms with Crippen LogP contribution in [0.3, 0.4) is 0 Å². The first-order valence-corrected chi connectivity index (χ1v) is 6.27. The average molecular weight is 251 g/mol. The molecule has 1 aromatic heterocycles. The number of amides is 1. The van der Waals surface area contributed by atoms with E-state index >= 15 is 0 Å². The van der Waals surface area contributed by atoms with Crippen molar-refractivity contribution >= 4 is 22.4 Å². The molecule has 17 heavy (non-hydrogen) atoms. The van der Waals surface area contributed by atoms with Crippen LogP contribution in [-0.2, 0) is 17.7 Å². The molecule has 1 amide bonds. The van der Waals surface area contributed by atoms with Crippen molar-refractivity contribution in [2.24, 2.45) is 0 Å². The van der Waals surface area contributed by atoms with Crippen LogP contribution in [0.15, 0.2) is 0 Å². The molecule has 90 valence electrons.